The molecule has 0 saturated carbocycles. The lowest BCUT2D eigenvalue weighted by molar-refractivity contribution is 0.586. The topological polar surface area (TPSA) is 76.3 Å². The maximum absolute atomic E-state index is 11.3. The molecule has 1 aromatic rings. The van der Waals surface area contributed by atoms with Crippen LogP contribution in [0.5, 0.6) is 0 Å². The Morgan fingerprint density at radius 1 is 1.41 bits per heavy atom. The van der Waals surface area contributed by atoms with Crippen molar-refractivity contribution in [3.05, 3.63) is 10.6 Å². The molecule has 0 spiro atoms. The number of hydrogen-bond acceptors (Lipinski definition) is 6. The largest absolute Gasteiger partial charge is 0.346 e. The minimum absolute atomic E-state index is 0.228. The third kappa shape index (κ3) is 2.78. The SMILES string of the molecule is CCc1nc(N2CCS(=O)(=O)CC2)sc1CN. The fourth-order valence-electron chi connectivity index (χ4n) is 1.84. The molecule has 0 atom stereocenters. The molecule has 0 aliphatic carbocycles. The molecule has 1 aliphatic rings. The van der Waals surface area contributed by atoms with Crippen molar-refractivity contribution in [2.75, 3.05) is 29.5 Å². The predicted octanol–water partition coefficient (Wildman–Crippen LogP) is 0.399. The summed E-state index contributed by atoms with van der Waals surface area (Å²) in [7, 11) is -2.83. The fourth-order valence-corrected chi connectivity index (χ4v) is 4.12. The summed E-state index contributed by atoms with van der Waals surface area (Å²) < 4.78 is 22.7. The van der Waals surface area contributed by atoms with Crippen molar-refractivity contribution in [1.82, 2.24) is 4.98 Å². The number of hydrogen-bond donors (Lipinski definition) is 1. The van der Waals surface area contributed by atoms with E-state index in [0.717, 1.165) is 22.1 Å². The molecule has 2 N–H and O–H groups in total. The van der Waals surface area contributed by atoms with Crippen LogP contribution in [0.1, 0.15) is 17.5 Å². The third-order valence-electron chi connectivity index (χ3n) is 2.90. The van der Waals surface area contributed by atoms with Crippen molar-refractivity contribution in [2.24, 2.45) is 5.73 Å². The van der Waals surface area contributed by atoms with Crippen LogP contribution in [0.2, 0.25) is 0 Å². The molecular weight excluding hydrogens is 258 g/mol. The number of aromatic nitrogens is 1. The Hall–Kier alpha value is -0.660. The molecular formula is C10H17N3O2S2. The molecule has 2 rings (SSSR count). The summed E-state index contributed by atoms with van der Waals surface area (Å²) in [5.41, 5.74) is 6.71. The second-order valence-electron chi connectivity index (χ2n) is 4.06. The standard InChI is InChI=1S/C10H17N3O2S2/c1-2-8-9(7-11)16-10(12-8)13-3-5-17(14,15)6-4-13/h2-7,11H2,1H3. The van der Waals surface area contributed by atoms with Gasteiger partial charge in [0.15, 0.2) is 15.0 Å². The highest BCUT2D eigenvalue weighted by Gasteiger charge is 2.24. The lowest BCUT2D eigenvalue weighted by Gasteiger charge is -2.25. The van der Waals surface area contributed by atoms with Crippen LogP contribution >= 0.6 is 11.3 Å². The molecule has 1 aliphatic heterocycles. The van der Waals surface area contributed by atoms with Crippen LogP contribution in [0.15, 0.2) is 0 Å². The van der Waals surface area contributed by atoms with Gasteiger partial charge in [0.05, 0.1) is 17.2 Å². The first-order chi connectivity index (χ1) is 8.05. The van der Waals surface area contributed by atoms with Crippen molar-refractivity contribution < 1.29 is 8.42 Å². The molecule has 2 heterocycles. The number of aryl methyl sites for hydroxylation is 1. The van der Waals surface area contributed by atoms with E-state index in [1.165, 1.54) is 0 Å². The quantitative estimate of drug-likeness (QED) is 0.864. The van der Waals surface area contributed by atoms with Gasteiger partial charge in [-0.15, -0.1) is 11.3 Å². The van der Waals surface area contributed by atoms with Crippen molar-refractivity contribution in [3.63, 3.8) is 0 Å². The number of nitrogens with two attached hydrogens (primary N) is 1. The van der Waals surface area contributed by atoms with Gasteiger partial charge in [-0.05, 0) is 6.42 Å². The molecule has 1 aromatic heterocycles. The Labute approximate surface area is 106 Å². The van der Waals surface area contributed by atoms with Crippen molar-refractivity contribution in [3.8, 4) is 0 Å². The van der Waals surface area contributed by atoms with Crippen molar-refractivity contribution in [1.29, 1.82) is 0 Å². The highest BCUT2D eigenvalue weighted by atomic mass is 32.2. The van der Waals surface area contributed by atoms with Gasteiger partial charge in [-0.25, -0.2) is 13.4 Å². The molecule has 1 saturated heterocycles. The Morgan fingerprint density at radius 3 is 2.53 bits per heavy atom. The average molecular weight is 275 g/mol. The maximum Gasteiger partial charge on any atom is 0.185 e. The van der Waals surface area contributed by atoms with Crippen LogP contribution in [0.4, 0.5) is 5.13 Å². The molecule has 0 radical (unpaired) electrons. The van der Waals surface area contributed by atoms with E-state index in [2.05, 4.69) is 11.9 Å². The zero-order chi connectivity index (χ0) is 12.5. The summed E-state index contributed by atoms with van der Waals surface area (Å²) >= 11 is 1.59. The van der Waals surface area contributed by atoms with Gasteiger partial charge in [0.2, 0.25) is 0 Å². The minimum Gasteiger partial charge on any atom is -0.346 e. The van der Waals surface area contributed by atoms with Gasteiger partial charge < -0.3 is 10.6 Å². The highest BCUT2D eigenvalue weighted by molar-refractivity contribution is 7.91. The van der Waals surface area contributed by atoms with Gasteiger partial charge in [-0.2, -0.15) is 0 Å². The highest BCUT2D eigenvalue weighted by Crippen LogP contribution is 2.27. The zero-order valence-electron chi connectivity index (χ0n) is 9.85. The van der Waals surface area contributed by atoms with E-state index in [1.54, 1.807) is 11.3 Å². The van der Waals surface area contributed by atoms with E-state index < -0.39 is 9.84 Å². The number of rotatable bonds is 3. The monoisotopic (exact) mass is 275 g/mol. The molecule has 0 aromatic carbocycles. The first-order valence-corrected chi connectivity index (χ1v) is 8.33. The van der Waals surface area contributed by atoms with E-state index in [9.17, 15) is 8.42 Å². The van der Waals surface area contributed by atoms with Gasteiger partial charge in [0, 0.05) is 24.5 Å². The number of thiazole rings is 1. The average Bonchev–Trinajstić information content (AvgIpc) is 2.72. The summed E-state index contributed by atoms with van der Waals surface area (Å²) in [4.78, 5) is 7.69. The number of nitrogens with zero attached hydrogens (tertiary/aromatic N) is 2. The third-order valence-corrected chi connectivity index (χ3v) is 5.69. The van der Waals surface area contributed by atoms with Crippen LogP contribution in [0.3, 0.4) is 0 Å². The van der Waals surface area contributed by atoms with Crippen LogP contribution in [0, 0.1) is 0 Å². The molecule has 0 bridgehead atoms. The summed E-state index contributed by atoms with van der Waals surface area (Å²) in [6, 6.07) is 0. The molecule has 7 heteroatoms. The summed E-state index contributed by atoms with van der Waals surface area (Å²) in [6.07, 6.45) is 0.870. The minimum atomic E-state index is -2.83. The van der Waals surface area contributed by atoms with E-state index in [0.29, 0.717) is 19.6 Å². The summed E-state index contributed by atoms with van der Waals surface area (Å²) in [5, 5.41) is 0.914. The lowest BCUT2D eigenvalue weighted by Crippen LogP contribution is -2.40. The van der Waals surface area contributed by atoms with Crippen LogP contribution in [-0.2, 0) is 22.8 Å². The Bertz CT molecular complexity index is 460. The Kier molecular flexibility index (Phi) is 3.70. The smallest absolute Gasteiger partial charge is 0.185 e. The van der Waals surface area contributed by atoms with E-state index in [4.69, 9.17) is 5.73 Å². The normalized spacial score (nSPS) is 19.5. The van der Waals surface area contributed by atoms with E-state index in [-0.39, 0.29) is 11.5 Å². The fraction of sp³-hybridized carbons (Fsp3) is 0.700. The van der Waals surface area contributed by atoms with Crippen molar-refractivity contribution >= 4 is 26.3 Å². The van der Waals surface area contributed by atoms with Gasteiger partial charge in [-0.3, -0.25) is 0 Å². The molecule has 1 fully saturated rings. The zero-order valence-corrected chi connectivity index (χ0v) is 11.5. The Balaban J connectivity index is 2.16. The first kappa shape index (κ1) is 12.8. The van der Waals surface area contributed by atoms with Crippen molar-refractivity contribution in [2.45, 2.75) is 19.9 Å². The predicted molar refractivity (Wildman–Crippen MR) is 70.3 cm³/mol. The molecule has 0 amide bonds. The number of sulfone groups is 1. The van der Waals surface area contributed by atoms with Crippen LogP contribution in [0.25, 0.3) is 0 Å². The Morgan fingerprint density at radius 2 is 2.06 bits per heavy atom. The van der Waals surface area contributed by atoms with E-state index >= 15 is 0 Å². The van der Waals surface area contributed by atoms with Gasteiger partial charge in [0.25, 0.3) is 0 Å². The lowest BCUT2D eigenvalue weighted by atomic mass is 10.3. The second kappa shape index (κ2) is 4.91. The maximum atomic E-state index is 11.3. The van der Waals surface area contributed by atoms with Gasteiger partial charge in [-0.1, -0.05) is 6.92 Å². The summed E-state index contributed by atoms with van der Waals surface area (Å²) in [5.74, 6) is 0.456. The molecule has 17 heavy (non-hydrogen) atoms. The first-order valence-electron chi connectivity index (χ1n) is 5.69. The summed E-state index contributed by atoms with van der Waals surface area (Å²) in [6.45, 7) is 3.65. The van der Waals surface area contributed by atoms with Gasteiger partial charge in [0.1, 0.15) is 0 Å². The number of anilines is 1. The molecule has 5 nitrogen and oxygen atoms in total. The molecule has 96 valence electrons. The molecule has 0 unspecified atom stereocenters. The van der Waals surface area contributed by atoms with Gasteiger partial charge >= 0.3 is 0 Å². The van der Waals surface area contributed by atoms with Crippen LogP contribution < -0.4 is 10.6 Å². The second-order valence-corrected chi connectivity index (χ2v) is 7.43. The van der Waals surface area contributed by atoms with Crippen LogP contribution in [-0.4, -0.2) is 38.0 Å². The van der Waals surface area contributed by atoms with E-state index in [1.807, 2.05) is 4.90 Å².